The molecule has 2 aromatic rings. The molecule has 15 heavy (non-hydrogen) atoms. The van der Waals surface area contributed by atoms with Crippen LogP contribution in [0.1, 0.15) is 11.1 Å². The van der Waals surface area contributed by atoms with Gasteiger partial charge in [0.05, 0.1) is 3.79 Å². The van der Waals surface area contributed by atoms with Crippen LogP contribution in [0.3, 0.4) is 0 Å². The third-order valence-electron chi connectivity index (χ3n) is 2.09. The first kappa shape index (κ1) is 10.6. The Morgan fingerprint density at radius 1 is 1.53 bits per heavy atom. The maximum absolute atomic E-state index is 4.28. The van der Waals surface area contributed by atoms with Crippen LogP contribution in [0, 0.1) is 6.92 Å². The largest absolute Gasteiger partial charge is 0.366 e. The number of hydrogen-bond acceptors (Lipinski definition) is 3. The third kappa shape index (κ3) is 2.79. The average molecular weight is 283 g/mol. The van der Waals surface area contributed by atoms with E-state index in [1.165, 1.54) is 11.1 Å². The molecule has 2 heterocycles. The molecule has 0 spiro atoms. The summed E-state index contributed by atoms with van der Waals surface area (Å²) in [5, 5.41) is 5.45. The van der Waals surface area contributed by atoms with Crippen molar-refractivity contribution in [1.29, 1.82) is 0 Å². The van der Waals surface area contributed by atoms with Crippen molar-refractivity contribution < 1.29 is 0 Å². The van der Waals surface area contributed by atoms with Gasteiger partial charge in [0.1, 0.15) is 5.82 Å². The lowest BCUT2D eigenvalue weighted by Gasteiger charge is -2.06. The van der Waals surface area contributed by atoms with E-state index in [0.717, 1.165) is 16.1 Å². The lowest BCUT2D eigenvalue weighted by Crippen LogP contribution is -2.01. The van der Waals surface area contributed by atoms with Gasteiger partial charge in [-0.1, -0.05) is 6.07 Å². The van der Waals surface area contributed by atoms with Crippen molar-refractivity contribution in [2.24, 2.45) is 0 Å². The summed E-state index contributed by atoms with van der Waals surface area (Å²) in [4.78, 5) is 4.28. The molecular formula is C11H11BrN2S. The summed E-state index contributed by atoms with van der Waals surface area (Å²) in [6.45, 7) is 2.87. The minimum atomic E-state index is 0.819. The van der Waals surface area contributed by atoms with E-state index in [1.54, 1.807) is 17.5 Å². The highest BCUT2D eigenvalue weighted by Gasteiger charge is 2.00. The van der Waals surface area contributed by atoms with Gasteiger partial charge in [-0.3, -0.25) is 0 Å². The summed E-state index contributed by atoms with van der Waals surface area (Å²) in [5.41, 5.74) is 2.45. The minimum Gasteiger partial charge on any atom is -0.366 e. The normalized spacial score (nSPS) is 10.3. The van der Waals surface area contributed by atoms with Gasteiger partial charge in [0.15, 0.2) is 0 Å². The Morgan fingerprint density at radius 2 is 2.40 bits per heavy atom. The van der Waals surface area contributed by atoms with Gasteiger partial charge in [0.25, 0.3) is 0 Å². The first-order chi connectivity index (χ1) is 7.25. The Balaban J connectivity index is 2.02. The number of aryl methyl sites for hydroxylation is 1. The third-order valence-corrected chi connectivity index (χ3v) is 3.64. The fraction of sp³-hybridized carbons (Fsp3) is 0.182. The van der Waals surface area contributed by atoms with Crippen molar-refractivity contribution in [3.63, 3.8) is 0 Å². The molecule has 0 atom stereocenters. The van der Waals surface area contributed by atoms with Crippen molar-refractivity contribution in [2.75, 3.05) is 5.32 Å². The first-order valence-electron chi connectivity index (χ1n) is 4.64. The SMILES string of the molecule is Cc1cccnc1NCc1csc(Br)c1. The molecule has 0 saturated heterocycles. The summed E-state index contributed by atoms with van der Waals surface area (Å²) >= 11 is 5.15. The molecule has 0 radical (unpaired) electrons. The molecular weight excluding hydrogens is 272 g/mol. The van der Waals surface area contributed by atoms with Crippen LogP contribution in [-0.2, 0) is 6.54 Å². The van der Waals surface area contributed by atoms with Crippen LogP contribution >= 0.6 is 27.3 Å². The quantitative estimate of drug-likeness (QED) is 0.926. The van der Waals surface area contributed by atoms with Crippen molar-refractivity contribution in [1.82, 2.24) is 4.98 Å². The second-order valence-corrected chi connectivity index (χ2v) is 5.57. The van der Waals surface area contributed by atoms with Gasteiger partial charge in [-0.25, -0.2) is 4.98 Å². The van der Waals surface area contributed by atoms with Crippen LogP contribution in [0.4, 0.5) is 5.82 Å². The monoisotopic (exact) mass is 282 g/mol. The van der Waals surface area contributed by atoms with Crippen LogP contribution < -0.4 is 5.32 Å². The van der Waals surface area contributed by atoms with E-state index in [1.807, 2.05) is 6.07 Å². The Hall–Kier alpha value is -0.870. The maximum Gasteiger partial charge on any atom is 0.129 e. The molecule has 0 amide bonds. The average Bonchev–Trinajstić information content (AvgIpc) is 2.63. The highest BCUT2D eigenvalue weighted by molar-refractivity contribution is 9.11. The van der Waals surface area contributed by atoms with E-state index in [0.29, 0.717) is 0 Å². The van der Waals surface area contributed by atoms with E-state index in [9.17, 15) is 0 Å². The highest BCUT2D eigenvalue weighted by Crippen LogP contribution is 2.21. The summed E-state index contributed by atoms with van der Waals surface area (Å²) in [7, 11) is 0. The molecule has 2 nitrogen and oxygen atoms in total. The van der Waals surface area contributed by atoms with Gasteiger partial charge < -0.3 is 5.32 Å². The zero-order valence-corrected chi connectivity index (χ0v) is 10.7. The van der Waals surface area contributed by atoms with E-state index in [2.05, 4.69) is 50.7 Å². The Labute approximate surface area is 101 Å². The van der Waals surface area contributed by atoms with E-state index >= 15 is 0 Å². The zero-order chi connectivity index (χ0) is 10.7. The number of hydrogen-bond donors (Lipinski definition) is 1. The maximum atomic E-state index is 4.28. The Morgan fingerprint density at radius 3 is 3.07 bits per heavy atom. The first-order valence-corrected chi connectivity index (χ1v) is 6.31. The minimum absolute atomic E-state index is 0.819. The van der Waals surface area contributed by atoms with Crippen LogP contribution in [0.2, 0.25) is 0 Å². The van der Waals surface area contributed by atoms with Crippen molar-refractivity contribution in [2.45, 2.75) is 13.5 Å². The van der Waals surface area contributed by atoms with Gasteiger partial charge in [0, 0.05) is 12.7 Å². The second-order valence-electron chi connectivity index (χ2n) is 3.28. The second kappa shape index (κ2) is 4.77. The molecule has 0 bridgehead atoms. The van der Waals surface area contributed by atoms with Crippen molar-refractivity contribution >= 4 is 33.1 Å². The number of aromatic nitrogens is 1. The molecule has 2 aromatic heterocycles. The molecule has 0 aliphatic rings. The summed E-state index contributed by atoms with van der Waals surface area (Å²) in [6.07, 6.45) is 1.80. The lowest BCUT2D eigenvalue weighted by atomic mass is 10.3. The van der Waals surface area contributed by atoms with Gasteiger partial charge in [-0.2, -0.15) is 0 Å². The van der Waals surface area contributed by atoms with Gasteiger partial charge in [0.2, 0.25) is 0 Å². The fourth-order valence-electron chi connectivity index (χ4n) is 1.30. The summed E-state index contributed by atoms with van der Waals surface area (Å²) in [6, 6.07) is 6.12. The molecule has 0 aliphatic carbocycles. The van der Waals surface area contributed by atoms with Crippen LogP contribution in [0.5, 0.6) is 0 Å². The highest BCUT2D eigenvalue weighted by atomic mass is 79.9. The molecule has 0 aliphatic heterocycles. The number of nitrogens with zero attached hydrogens (tertiary/aromatic N) is 1. The number of pyridine rings is 1. The summed E-state index contributed by atoms with van der Waals surface area (Å²) in [5.74, 6) is 0.958. The van der Waals surface area contributed by atoms with E-state index in [-0.39, 0.29) is 0 Å². The fourth-order valence-corrected chi connectivity index (χ4v) is 2.50. The Bertz CT molecular complexity index is 453. The van der Waals surface area contributed by atoms with Gasteiger partial charge in [-0.05, 0) is 51.5 Å². The summed E-state index contributed by atoms with van der Waals surface area (Å²) < 4.78 is 1.16. The topological polar surface area (TPSA) is 24.9 Å². The van der Waals surface area contributed by atoms with E-state index < -0.39 is 0 Å². The van der Waals surface area contributed by atoms with Gasteiger partial charge >= 0.3 is 0 Å². The Kier molecular flexibility index (Phi) is 3.38. The van der Waals surface area contributed by atoms with Crippen molar-refractivity contribution in [3.05, 3.63) is 44.7 Å². The van der Waals surface area contributed by atoms with Crippen LogP contribution in [0.25, 0.3) is 0 Å². The number of nitrogens with one attached hydrogen (secondary N) is 1. The molecule has 4 heteroatoms. The van der Waals surface area contributed by atoms with E-state index in [4.69, 9.17) is 0 Å². The smallest absolute Gasteiger partial charge is 0.129 e. The molecule has 1 N–H and O–H groups in total. The molecule has 2 rings (SSSR count). The molecule has 0 aromatic carbocycles. The molecule has 0 fully saturated rings. The lowest BCUT2D eigenvalue weighted by molar-refractivity contribution is 1.10. The van der Waals surface area contributed by atoms with Crippen molar-refractivity contribution in [3.8, 4) is 0 Å². The standard InChI is InChI=1S/C11H11BrN2S/c1-8-3-2-4-13-11(8)14-6-9-5-10(12)15-7-9/h2-5,7H,6H2,1H3,(H,13,14). The zero-order valence-electron chi connectivity index (χ0n) is 8.33. The molecule has 0 saturated carbocycles. The predicted octanol–water partition coefficient (Wildman–Crippen LogP) is 3.83. The predicted molar refractivity (Wildman–Crippen MR) is 68.3 cm³/mol. The van der Waals surface area contributed by atoms with Gasteiger partial charge in [-0.15, -0.1) is 11.3 Å². The number of thiophene rings is 1. The number of anilines is 1. The molecule has 0 unspecified atom stereocenters. The molecule has 78 valence electrons. The van der Waals surface area contributed by atoms with Crippen LogP contribution in [-0.4, -0.2) is 4.98 Å². The number of rotatable bonds is 3. The number of halogens is 1. The van der Waals surface area contributed by atoms with Crippen LogP contribution in [0.15, 0.2) is 33.6 Å².